The van der Waals surface area contributed by atoms with Gasteiger partial charge in [0.25, 0.3) is 0 Å². The van der Waals surface area contributed by atoms with E-state index >= 15 is 0 Å². The summed E-state index contributed by atoms with van der Waals surface area (Å²) in [5.41, 5.74) is 1.09. The topological polar surface area (TPSA) is 17.1 Å². The molecule has 0 N–H and O–H groups in total. The average Bonchev–Trinajstić information content (AvgIpc) is 2.18. The fourth-order valence-corrected chi connectivity index (χ4v) is 2.20. The Balaban J connectivity index is 2.58. The maximum Gasteiger partial charge on any atom is 0.146 e. The summed E-state index contributed by atoms with van der Waals surface area (Å²) in [5, 5.41) is 0.718. The summed E-state index contributed by atoms with van der Waals surface area (Å²) < 4.78 is 0. The van der Waals surface area contributed by atoms with E-state index in [0.717, 1.165) is 17.0 Å². The second-order valence-electron chi connectivity index (χ2n) is 3.52. The summed E-state index contributed by atoms with van der Waals surface area (Å²) in [7, 11) is 0. The van der Waals surface area contributed by atoms with Crippen LogP contribution >= 0.6 is 27.5 Å². The molecule has 3 heteroatoms. The average molecular weight is 290 g/mol. The molecule has 0 bridgehead atoms. The zero-order valence-electron chi connectivity index (χ0n) is 8.67. The van der Waals surface area contributed by atoms with Crippen molar-refractivity contribution in [1.82, 2.24) is 0 Å². The lowest BCUT2D eigenvalue weighted by atomic mass is 10.1. The van der Waals surface area contributed by atoms with Gasteiger partial charge in [0.2, 0.25) is 0 Å². The molecule has 1 atom stereocenters. The maximum absolute atomic E-state index is 11.6. The molecule has 1 nitrogen and oxygen atoms in total. The first-order valence-electron chi connectivity index (χ1n) is 5.04. The highest BCUT2D eigenvalue weighted by molar-refractivity contribution is 9.10. The van der Waals surface area contributed by atoms with Crippen LogP contribution in [0, 0.1) is 0 Å². The number of hydrogen-bond acceptors (Lipinski definition) is 1. The van der Waals surface area contributed by atoms with E-state index < -0.39 is 0 Å². The van der Waals surface area contributed by atoms with Gasteiger partial charge in [-0.2, -0.15) is 0 Å². The number of carbonyl (C=O) groups excluding carboxylic acids is 1. The Kier molecular flexibility index (Phi) is 5.34. The summed E-state index contributed by atoms with van der Waals surface area (Å²) in [5.74, 6) is 0.262. The van der Waals surface area contributed by atoms with Gasteiger partial charge in [0.05, 0.1) is 4.83 Å². The van der Waals surface area contributed by atoms with Crippen molar-refractivity contribution in [3.63, 3.8) is 0 Å². The molecule has 1 aromatic carbocycles. The van der Waals surface area contributed by atoms with Gasteiger partial charge in [0.15, 0.2) is 0 Å². The normalized spacial score (nSPS) is 12.5. The molecule has 0 fully saturated rings. The molecule has 1 unspecified atom stereocenters. The van der Waals surface area contributed by atoms with Crippen LogP contribution in [0.15, 0.2) is 24.3 Å². The monoisotopic (exact) mass is 288 g/mol. The molecule has 1 rings (SSSR count). The molecule has 0 amide bonds. The summed E-state index contributed by atoms with van der Waals surface area (Å²) in [6.45, 7) is 2.01. The third kappa shape index (κ3) is 4.35. The van der Waals surface area contributed by atoms with Gasteiger partial charge in [0.1, 0.15) is 5.78 Å². The fraction of sp³-hybridized carbons (Fsp3) is 0.417. The lowest BCUT2D eigenvalue weighted by Gasteiger charge is -2.08. The standard InChI is InChI=1S/C12H14BrClO/c1-2-4-12(15)11(13)8-9-5-3-6-10(14)7-9/h3,5-7,11H,2,4,8H2,1H3. The number of halogens is 2. The number of hydrogen-bond donors (Lipinski definition) is 0. The van der Waals surface area contributed by atoms with Crippen molar-refractivity contribution in [3.8, 4) is 0 Å². The van der Waals surface area contributed by atoms with E-state index in [4.69, 9.17) is 11.6 Å². The molecular formula is C12H14BrClO. The summed E-state index contributed by atoms with van der Waals surface area (Å²) in [6, 6.07) is 7.62. The minimum Gasteiger partial charge on any atom is -0.298 e. The third-order valence-corrected chi connectivity index (χ3v) is 3.22. The molecule has 82 valence electrons. The van der Waals surface area contributed by atoms with Crippen molar-refractivity contribution >= 4 is 33.3 Å². The number of alkyl halides is 1. The van der Waals surface area contributed by atoms with Gasteiger partial charge in [-0.05, 0) is 30.5 Å². The Hall–Kier alpha value is -0.340. The number of Topliss-reactive ketones (excluding diaryl/α,β-unsaturated/α-hetero) is 1. The van der Waals surface area contributed by atoms with Crippen LogP contribution < -0.4 is 0 Å². The summed E-state index contributed by atoms with van der Waals surface area (Å²) >= 11 is 9.28. The largest absolute Gasteiger partial charge is 0.298 e. The van der Waals surface area contributed by atoms with Crippen LogP contribution in [0.5, 0.6) is 0 Å². The Labute approximate surface area is 104 Å². The first-order chi connectivity index (χ1) is 7.13. The third-order valence-electron chi connectivity index (χ3n) is 2.15. The lowest BCUT2D eigenvalue weighted by Crippen LogP contribution is -2.16. The van der Waals surface area contributed by atoms with Crippen molar-refractivity contribution in [1.29, 1.82) is 0 Å². The second kappa shape index (κ2) is 6.29. The summed E-state index contributed by atoms with van der Waals surface area (Å²) in [6.07, 6.45) is 2.24. The molecule has 15 heavy (non-hydrogen) atoms. The highest BCUT2D eigenvalue weighted by atomic mass is 79.9. The van der Waals surface area contributed by atoms with Crippen LogP contribution in [-0.4, -0.2) is 10.6 Å². The zero-order valence-corrected chi connectivity index (χ0v) is 11.0. The van der Waals surface area contributed by atoms with Crippen molar-refractivity contribution in [2.45, 2.75) is 31.0 Å². The van der Waals surface area contributed by atoms with E-state index in [1.165, 1.54) is 0 Å². The van der Waals surface area contributed by atoms with E-state index in [0.29, 0.717) is 12.8 Å². The molecule has 0 aromatic heterocycles. The second-order valence-corrected chi connectivity index (χ2v) is 5.06. The molecule has 0 aliphatic rings. The number of carbonyl (C=O) groups is 1. The Morgan fingerprint density at radius 1 is 1.53 bits per heavy atom. The highest BCUT2D eigenvalue weighted by Gasteiger charge is 2.14. The van der Waals surface area contributed by atoms with E-state index in [1.807, 2.05) is 31.2 Å². The maximum atomic E-state index is 11.6. The molecule has 0 aliphatic heterocycles. The van der Waals surface area contributed by atoms with E-state index in [9.17, 15) is 4.79 Å². The van der Waals surface area contributed by atoms with Crippen LogP contribution in [0.2, 0.25) is 5.02 Å². The molecule has 0 heterocycles. The lowest BCUT2D eigenvalue weighted by molar-refractivity contribution is -0.118. The van der Waals surface area contributed by atoms with Gasteiger partial charge in [-0.15, -0.1) is 0 Å². The summed E-state index contributed by atoms with van der Waals surface area (Å²) in [4.78, 5) is 11.5. The quantitative estimate of drug-likeness (QED) is 0.748. The number of ketones is 1. The minimum atomic E-state index is -0.0871. The SMILES string of the molecule is CCCC(=O)C(Br)Cc1cccc(Cl)c1. The van der Waals surface area contributed by atoms with E-state index in [1.54, 1.807) is 0 Å². The van der Waals surface area contributed by atoms with Crippen molar-refractivity contribution in [3.05, 3.63) is 34.9 Å². The molecule has 0 aliphatic carbocycles. The molecular weight excluding hydrogens is 275 g/mol. The van der Waals surface area contributed by atoms with Gasteiger partial charge in [0, 0.05) is 11.4 Å². The van der Waals surface area contributed by atoms with Crippen molar-refractivity contribution < 1.29 is 4.79 Å². The Bertz CT molecular complexity index is 338. The van der Waals surface area contributed by atoms with Gasteiger partial charge in [-0.25, -0.2) is 0 Å². The molecule has 0 saturated heterocycles. The van der Waals surface area contributed by atoms with Gasteiger partial charge < -0.3 is 0 Å². The number of rotatable bonds is 5. The minimum absolute atomic E-state index is 0.0871. The Morgan fingerprint density at radius 3 is 2.87 bits per heavy atom. The zero-order chi connectivity index (χ0) is 11.3. The van der Waals surface area contributed by atoms with Crippen molar-refractivity contribution in [2.24, 2.45) is 0 Å². The van der Waals surface area contributed by atoms with Crippen molar-refractivity contribution in [2.75, 3.05) is 0 Å². The van der Waals surface area contributed by atoms with E-state index in [-0.39, 0.29) is 10.6 Å². The smallest absolute Gasteiger partial charge is 0.146 e. The van der Waals surface area contributed by atoms with Gasteiger partial charge >= 0.3 is 0 Å². The van der Waals surface area contributed by atoms with Gasteiger partial charge in [-0.1, -0.05) is 46.6 Å². The number of benzene rings is 1. The van der Waals surface area contributed by atoms with Gasteiger partial charge in [-0.3, -0.25) is 4.79 Å². The fourth-order valence-electron chi connectivity index (χ4n) is 1.39. The first-order valence-corrected chi connectivity index (χ1v) is 6.34. The predicted octanol–water partition coefficient (Wildman–Crippen LogP) is 4.02. The molecule has 1 aromatic rings. The molecule has 0 radical (unpaired) electrons. The Morgan fingerprint density at radius 2 is 2.27 bits per heavy atom. The van der Waals surface area contributed by atoms with Crippen LogP contribution in [0.25, 0.3) is 0 Å². The van der Waals surface area contributed by atoms with Crippen LogP contribution in [0.1, 0.15) is 25.3 Å². The highest BCUT2D eigenvalue weighted by Crippen LogP contribution is 2.16. The first kappa shape index (κ1) is 12.7. The molecule has 0 saturated carbocycles. The van der Waals surface area contributed by atoms with Crippen LogP contribution in [-0.2, 0) is 11.2 Å². The predicted molar refractivity (Wildman–Crippen MR) is 67.8 cm³/mol. The van der Waals surface area contributed by atoms with Crippen LogP contribution in [0.4, 0.5) is 0 Å². The molecule has 0 spiro atoms. The van der Waals surface area contributed by atoms with Crippen LogP contribution in [0.3, 0.4) is 0 Å². The van der Waals surface area contributed by atoms with E-state index in [2.05, 4.69) is 15.9 Å².